The molecule has 0 saturated carbocycles. The standard InChI is InChI=1S/C13H18N2O/c1-4-12-11(6-8-15-12)13(16-3)10-5-7-14-9(10)2/h5-8,13-15H,4H2,1-3H3. The normalized spacial score (nSPS) is 12.9. The first kappa shape index (κ1) is 11.0. The molecule has 0 bridgehead atoms. The predicted molar refractivity (Wildman–Crippen MR) is 64.6 cm³/mol. The first-order valence-corrected chi connectivity index (χ1v) is 5.60. The summed E-state index contributed by atoms with van der Waals surface area (Å²) < 4.78 is 5.62. The van der Waals surface area contributed by atoms with Crippen LogP contribution in [0.5, 0.6) is 0 Å². The third-order valence-electron chi connectivity index (χ3n) is 3.02. The Kier molecular flexibility index (Phi) is 3.15. The Morgan fingerprint density at radius 2 is 1.88 bits per heavy atom. The van der Waals surface area contributed by atoms with E-state index in [1.165, 1.54) is 16.8 Å². The molecule has 0 saturated heterocycles. The Morgan fingerprint density at radius 3 is 2.44 bits per heavy atom. The van der Waals surface area contributed by atoms with E-state index >= 15 is 0 Å². The fourth-order valence-corrected chi connectivity index (χ4v) is 2.14. The van der Waals surface area contributed by atoms with Crippen LogP contribution in [0.25, 0.3) is 0 Å². The van der Waals surface area contributed by atoms with E-state index in [4.69, 9.17) is 4.74 Å². The third kappa shape index (κ3) is 1.78. The molecule has 3 nitrogen and oxygen atoms in total. The monoisotopic (exact) mass is 218 g/mol. The number of hydrogen-bond acceptors (Lipinski definition) is 1. The van der Waals surface area contributed by atoms with Gasteiger partial charge in [0.1, 0.15) is 6.10 Å². The highest BCUT2D eigenvalue weighted by Gasteiger charge is 2.19. The van der Waals surface area contributed by atoms with E-state index in [1.54, 1.807) is 7.11 Å². The molecule has 0 aromatic carbocycles. The maximum atomic E-state index is 5.62. The van der Waals surface area contributed by atoms with Gasteiger partial charge in [-0.15, -0.1) is 0 Å². The number of aromatic amines is 2. The molecule has 0 aliphatic rings. The summed E-state index contributed by atoms with van der Waals surface area (Å²) in [6, 6.07) is 4.18. The van der Waals surface area contributed by atoms with Crippen LogP contribution < -0.4 is 0 Å². The Balaban J connectivity index is 2.40. The first-order valence-electron chi connectivity index (χ1n) is 5.60. The number of methoxy groups -OCH3 is 1. The summed E-state index contributed by atoms with van der Waals surface area (Å²) in [4.78, 5) is 6.45. The number of ether oxygens (including phenoxy) is 1. The van der Waals surface area contributed by atoms with Crippen molar-refractivity contribution in [2.75, 3.05) is 7.11 Å². The van der Waals surface area contributed by atoms with Gasteiger partial charge in [0.05, 0.1) is 0 Å². The maximum Gasteiger partial charge on any atom is 0.111 e. The first-order chi connectivity index (χ1) is 7.77. The zero-order chi connectivity index (χ0) is 11.5. The van der Waals surface area contributed by atoms with Gasteiger partial charge in [-0.1, -0.05) is 6.92 Å². The third-order valence-corrected chi connectivity index (χ3v) is 3.02. The van der Waals surface area contributed by atoms with E-state index in [2.05, 4.69) is 35.9 Å². The molecule has 1 atom stereocenters. The molecular weight excluding hydrogens is 200 g/mol. The van der Waals surface area contributed by atoms with E-state index in [0.717, 1.165) is 12.1 Å². The molecule has 3 heteroatoms. The second-order valence-corrected chi connectivity index (χ2v) is 3.94. The summed E-state index contributed by atoms with van der Waals surface area (Å²) in [5, 5.41) is 0. The molecular formula is C13H18N2O. The second-order valence-electron chi connectivity index (χ2n) is 3.94. The lowest BCUT2D eigenvalue weighted by Gasteiger charge is -2.16. The van der Waals surface area contributed by atoms with E-state index in [9.17, 15) is 0 Å². The average molecular weight is 218 g/mol. The molecule has 1 unspecified atom stereocenters. The van der Waals surface area contributed by atoms with E-state index in [-0.39, 0.29) is 6.10 Å². The van der Waals surface area contributed by atoms with Crippen molar-refractivity contribution < 1.29 is 4.74 Å². The fraction of sp³-hybridized carbons (Fsp3) is 0.385. The van der Waals surface area contributed by atoms with Crippen LogP contribution in [0.15, 0.2) is 24.5 Å². The zero-order valence-corrected chi connectivity index (χ0v) is 10.0. The van der Waals surface area contributed by atoms with E-state index < -0.39 is 0 Å². The molecule has 2 heterocycles. The van der Waals surface area contributed by atoms with Gasteiger partial charge in [0.2, 0.25) is 0 Å². The van der Waals surface area contributed by atoms with Crippen LogP contribution in [-0.2, 0) is 11.2 Å². The topological polar surface area (TPSA) is 40.8 Å². The molecule has 2 rings (SSSR count). The maximum absolute atomic E-state index is 5.62. The lowest BCUT2D eigenvalue weighted by molar-refractivity contribution is 0.135. The van der Waals surface area contributed by atoms with Gasteiger partial charge in [-0.25, -0.2) is 0 Å². The number of hydrogen-bond donors (Lipinski definition) is 2. The van der Waals surface area contributed by atoms with Crippen molar-refractivity contribution >= 4 is 0 Å². The molecule has 16 heavy (non-hydrogen) atoms. The SMILES string of the molecule is CCc1[nH]ccc1C(OC)c1cc[nH]c1C. The van der Waals surface area contributed by atoms with Crippen LogP contribution in [-0.4, -0.2) is 17.1 Å². The molecule has 2 N–H and O–H groups in total. The molecule has 0 aliphatic carbocycles. The van der Waals surface area contributed by atoms with Gasteiger partial charge >= 0.3 is 0 Å². The molecule has 0 spiro atoms. The van der Waals surface area contributed by atoms with Crippen molar-refractivity contribution in [2.24, 2.45) is 0 Å². The Labute approximate surface area is 95.8 Å². The van der Waals surface area contributed by atoms with Crippen molar-refractivity contribution in [3.63, 3.8) is 0 Å². The van der Waals surface area contributed by atoms with Gasteiger partial charge in [-0.05, 0) is 25.5 Å². The molecule has 0 radical (unpaired) electrons. The number of nitrogens with one attached hydrogen (secondary N) is 2. The van der Waals surface area contributed by atoms with Crippen LogP contribution in [0.4, 0.5) is 0 Å². The van der Waals surface area contributed by atoms with Gasteiger partial charge in [0.25, 0.3) is 0 Å². The molecule has 0 amide bonds. The number of H-pyrrole nitrogens is 2. The lowest BCUT2D eigenvalue weighted by Crippen LogP contribution is -2.05. The zero-order valence-electron chi connectivity index (χ0n) is 10.0. The van der Waals surface area contributed by atoms with Crippen LogP contribution >= 0.6 is 0 Å². The second kappa shape index (κ2) is 4.58. The van der Waals surface area contributed by atoms with Crippen LogP contribution in [0.3, 0.4) is 0 Å². The molecule has 0 fully saturated rings. The summed E-state index contributed by atoms with van der Waals surface area (Å²) >= 11 is 0. The minimum atomic E-state index is 0.0208. The summed E-state index contributed by atoms with van der Waals surface area (Å²) in [7, 11) is 1.75. The summed E-state index contributed by atoms with van der Waals surface area (Å²) in [5.74, 6) is 0. The number of aromatic nitrogens is 2. The molecule has 86 valence electrons. The Bertz CT molecular complexity index is 456. The minimum absolute atomic E-state index is 0.0208. The van der Waals surface area contributed by atoms with Crippen LogP contribution in [0, 0.1) is 6.92 Å². The van der Waals surface area contributed by atoms with Gasteiger partial charge in [-0.2, -0.15) is 0 Å². The predicted octanol–water partition coefficient (Wildman–Crippen LogP) is 2.95. The smallest absolute Gasteiger partial charge is 0.111 e. The van der Waals surface area contributed by atoms with E-state index in [0.29, 0.717) is 0 Å². The molecule has 2 aromatic heterocycles. The molecule has 2 aromatic rings. The Hall–Kier alpha value is -1.48. The Morgan fingerprint density at radius 1 is 1.19 bits per heavy atom. The quantitative estimate of drug-likeness (QED) is 0.813. The highest BCUT2D eigenvalue weighted by Crippen LogP contribution is 2.29. The summed E-state index contributed by atoms with van der Waals surface area (Å²) in [5.41, 5.74) is 4.84. The van der Waals surface area contributed by atoms with Crippen molar-refractivity contribution in [3.05, 3.63) is 47.0 Å². The number of rotatable bonds is 4. The minimum Gasteiger partial charge on any atom is -0.372 e. The summed E-state index contributed by atoms with van der Waals surface area (Å²) in [6.45, 7) is 4.21. The van der Waals surface area contributed by atoms with Gasteiger partial charge in [0.15, 0.2) is 0 Å². The van der Waals surface area contributed by atoms with E-state index in [1.807, 2.05) is 12.4 Å². The van der Waals surface area contributed by atoms with Crippen LogP contribution in [0.1, 0.15) is 35.5 Å². The van der Waals surface area contributed by atoms with Crippen molar-refractivity contribution in [1.29, 1.82) is 0 Å². The van der Waals surface area contributed by atoms with Crippen molar-refractivity contribution in [1.82, 2.24) is 9.97 Å². The largest absolute Gasteiger partial charge is 0.372 e. The van der Waals surface area contributed by atoms with Crippen molar-refractivity contribution in [3.8, 4) is 0 Å². The van der Waals surface area contributed by atoms with Crippen LogP contribution in [0.2, 0.25) is 0 Å². The highest BCUT2D eigenvalue weighted by atomic mass is 16.5. The average Bonchev–Trinajstić information content (AvgIpc) is 2.90. The highest BCUT2D eigenvalue weighted by molar-refractivity contribution is 5.35. The summed E-state index contributed by atoms with van der Waals surface area (Å²) in [6.07, 6.45) is 4.94. The lowest BCUT2D eigenvalue weighted by atomic mass is 10.0. The van der Waals surface area contributed by atoms with Gasteiger partial charge in [-0.3, -0.25) is 0 Å². The van der Waals surface area contributed by atoms with Gasteiger partial charge < -0.3 is 14.7 Å². The fourth-order valence-electron chi connectivity index (χ4n) is 2.14. The van der Waals surface area contributed by atoms with Crippen molar-refractivity contribution in [2.45, 2.75) is 26.4 Å². The van der Waals surface area contributed by atoms with Gasteiger partial charge in [0, 0.05) is 42.0 Å². The number of aryl methyl sites for hydroxylation is 2. The molecule has 0 aliphatic heterocycles.